The molecule has 0 aromatic rings. The molecule has 0 saturated heterocycles. The molecule has 16 heavy (non-hydrogen) atoms. The van der Waals surface area contributed by atoms with Crippen LogP contribution in [0, 0.1) is 0 Å². The third-order valence-electron chi connectivity index (χ3n) is 1.71. The lowest BCUT2D eigenvalue weighted by atomic mass is 10.0. The van der Waals surface area contributed by atoms with Crippen molar-refractivity contribution in [3.05, 3.63) is 0 Å². The monoisotopic (exact) mass is 240 g/mol. The molecule has 0 aromatic heterocycles. The molecule has 9 nitrogen and oxygen atoms in total. The maximum atomic E-state index is 10.5. The molecule has 0 aliphatic heterocycles. The van der Waals surface area contributed by atoms with Crippen LogP contribution in [0.1, 0.15) is 0 Å². The van der Waals surface area contributed by atoms with Crippen LogP contribution in [0.2, 0.25) is 0 Å². The molecule has 9 heteroatoms. The SMILES string of the molecule is O=C(O)O[C@@H](C(=O)O)[C@@H](O)[C@H](O)[C@H](O)CO. The highest BCUT2D eigenvalue weighted by atomic mass is 16.7. The first-order valence-electron chi connectivity index (χ1n) is 4.08. The second kappa shape index (κ2) is 6.23. The summed E-state index contributed by atoms with van der Waals surface area (Å²) in [5, 5.41) is 52.3. The van der Waals surface area contributed by atoms with E-state index < -0.39 is 43.1 Å². The Labute approximate surface area is 89.1 Å². The summed E-state index contributed by atoms with van der Waals surface area (Å²) in [7, 11) is 0. The molecule has 6 N–H and O–H groups in total. The highest BCUT2D eigenvalue weighted by molar-refractivity contribution is 5.76. The molecule has 0 aromatic carbocycles. The van der Waals surface area contributed by atoms with Crippen molar-refractivity contribution < 1.29 is 45.0 Å². The Bertz CT molecular complexity index is 252. The molecule has 0 spiro atoms. The lowest BCUT2D eigenvalue weighted by Gasteiger charge is -2.25. The minimum absolute atomic E-state index is 0.933. The van der Waals surface area contributed by atoms with Crippen molar-refractivity contribution in [1.82, 2.24) is 0 Å². The number of carbonyl (C=O) groups is 2. The van der Waals surface area contributed by atoms with Crippen LogP contribution in [0.3, 0.4) is 0 Å². The van der Waals surface area contributed by atoms with Crippen LogP contribution in [-0.2, 0) is 9.53 Å². The topological polar surface area (TPSA) is 165 Å². The Balaban J connectivity index is 4.66. The number of aliphatic carboxylic acids is 1. The van der Waals surface area contributed by atoms with Gasteiger partial charge < -0.3 is 35.4 Å². The van der Waals surface area contributed by atoms with E-state index in [1.165, 1.54) is 0 Å². The Kier molecular flexibility index (Phi) is 5.67. The summed E-state index contributed by atoms with van der Waals surface area (Å²) in [5.74, 6) is -1.83. The number of rotatable bonds is 6. The predicted octanol–water partition coefficient (Wildman–Crippen LogP) is -2.79. The molecule has 0 rings (SSSR count). The summed E-state index contributed by atoms with van der Waals surface area (Å²) in [6.45, 7) is -0.933. The molecule has 0 aliphatic rings. The Morgan fingerprint density at radius 2 is 1.56 bits per heavy atom. The van der Waals surface area contributed by atoms with Crippen molar-refractivity contribution in [1.29, 1.82) is 0 Å². The lowest BCUT2D eigenvalue weighted by molar-refractivity contribution is -0.166. The van der Waals surface area contributed by atoms with Crippen molar-refractivity contribution in [3.63, 3.8) is 0 Å². The maximum absolute atomic E-state index is 10.5. The van der Waals surface area contributed by atoms with Crippen molar-refractivity contribution in [3.8, 4) is 0 Å². The molecule has 0 heterocycles. The quantitative estimate of drug-likeness (QED) is 0.269. The molecule has 0 radical (unpaired) electrons. The second-order valence-electron chi connectivity index (χ2n) is 2.87. The van der Waals surface area contributed by atoms with Gasteiger partial charge in [-0.05, 0) is 0 Å². The van der Waals surface area contributed by atoms with E-state index >= 15 is 0 Å². The van der Waals surface area contributed by atoms with E-state index in [0.29, 0.717) is 0 Å². The third kappa shape index (κ3) is 3.98. The molecular formula is C7H12O9. The van der Waals surface area contributed by atoms with Crippen LogP contribution in [0.5, 0.6) is 0 Å². The molecule has 0 unspecified atom stereocenters. The normalized spacial score (nSPS) is 18.2. The molecule has 0 aliphatic carbocycles. The molecule has 94 valence electrons. The van der Waals surface area contributed by atoms with Gasteiger partial charge in [-0.2, -0.15) is 0 Å². The molecule has 0 bridgehead atoms. The van der Waals surface area contributed by atoms with Gasteiger partial charge in [0.1, 0.15) is 18.3 Å². The first-order chi connectivity index (χ1) is 7.31. The van der Waals surface area contributed by atoms with Crippen molar-refractivity contribution >= 4 is 12.1 Å². The smallest absolute Gasteiger partial charge is 0.478 e. The van der Waals surface area contributed by atoms with Gasteiger partial charge >= 0.3 is 12.1 Å². The van der Waals surface area contributed by atoms with E-state index in [-0.39, 0.29) is 0 Å². The average molecular weight is 240 g/mol. The molecule has 0 saturated carbocycles. The number of hydrogen-bond acceptors (Lipinski definition) is 7. The number of aliphatic hydroxyl groups is 4. The van der Waals surface area contributed by atoms with Crippen LogP contribution < -0.4 is 0 Å². The highest BCUT2D eigenvalue weighted by Gasteiger charge is 2.38. The van der Waals surface area contributed by atoms with Crippen LogP contribution >= 0.6 is 0 Å². The summed E-state index contributed by atoms with van der Waals surface area (Å²) in [6, 6.07) is 0. The fourth-order valence-corrected chi connectivity index (χ4v) is 0.890. The van der Waals surface area contributed by atoms with Gasteiger partial charge in [0.2, 0.25) is 6.10 Å². The van der Waals surface area contributed by atoms with Crippen LogP contribution in [0.4, 0.5) is 4.79 Å². The zero-order valence-corrected chi connectivity index (χ0v) is 7.92. The summed E-state index contributed by atoms with van der Waals surface area (Å²) < 4.78 is 3.80. The van der Waals surface area contributed by atoms with Gasteiger partial charge in [0.05, 0.1) is 6.61 Å². The van der Waals surface area contributed by atoms with Crippen LogP contribution in [0.25, 0.3) is 0 Å². The van der Waals surface area contributed by atoms with Crippen LogP contribution in [0.15, 0.2) is 0 Å². The van der Waals surface area contributed by atoms with Gasteiger partial charge in [0.25, 0.3) is 0 Å². The molecule has 4 atom stereocenters. The Hall–Kier alpha value is -1.42. The zero-order valence-electron chi connectivity index (χ0n) is 7.92. The molecule has 0 amide bonds. The minimum atomic E-state index is -2.26. The average Bonchev–Trinajstić information content (AvgIpc) is 2.22. The lowest BCUT2D eigenvalue weighted by Crippen LogP contribution is -2.50. The van der Waals surface area contributed by atoms with E-state index in [1.54, 1.807) is 0 Å². The Morgan fingerprint density at radius 3 is 1.88 bits per heavy atom. The standard InChI is InChI=1S/C7H12O9/c8-1-2(9)3(10)4(11)5(6(12)13)16-7(14)15/h2-5,8-11H,1H2,(H,12,13)(H,14,15)/t2-,3-,4+,5-/m1/s1. The van der Waals surface area contributed by atoms with Gasteiger partial charge in [0.15, 0.2) is 0 Å². The number of aliphatic hydroxyl groups excluding tert-OH is 4. The number of carboxylic acid groups (broad SMARTS) is 2. The van der Waals surface area contributed by atoms with Gasteiger partial charge in [-0.25, -0.2) is 9.59 Å². The molecular weight excluding hydrogens is 228 g/mol. The van der Waals surface area contributed by atoms with Gasteiger partial charge in [-0.15, -0.1) is 0 Å². The Morgan fingerprint density at radius 1 is 1.06 bits per heavy atom. The number of carboxylic acids is 1. The third-order valence-corrected chi connectivity index (χ3v) is 1.71. The van der Waals surface area contributed by atoms with Gasteiger partial charge in [-0.1, -0.05) is 0 Å². The first-order valence-corrected chi connectivity index (χ1v) is 4.08. The molecule has 0 fully saturated rings. The summed E-state index contributed by atoms with van der Waals surface area (Å²) in [4.78, 5) is 20.6. The van der Waals surface area contributed by atoms with E-state index in [2.05, 4.69) is 4.74 Å². The van der Waals surface area contributed by atoms with Gasteiger partial charge in [-0.3, -0.25) is 0 Å². The fourth-order valence-electron chi connectivity index (χ4n) is 0.890. The summed E-state index contributed by atoms with van der Waals surface area (Å²) in [6.07, 6.45) is -10.3. The van der Waals surface area contributed by atoms with Crippen LogP contribution in [-0.4, -0.2) is 73.8 Å². The number of hydrogen-bond donors (Lipinski definition) is 6. The number of ether oxygens (including phenoxy) is 1. The highest BCUT2D eigenvalue weighted by Crippen LogP contribution is 2.09. The van der Waals surface area contributed by atoms with E-state index in [9.17, 15) is 14.7 Å². The fraction of sp³-hybridized carbons (Fsp3) is 0.714. The minimum Gasteiger partial charge on any atom is -0.478 e. The maximum Gasteiger partial charge on any atom is 0.506 e. The zero-order chi connectivity index (χ0) is 12.9. The van der Waals surface area contributed by atoms with E-state index in [4.69, 9.17) is 25.5 Å². The first kappa shape index (κ1) is 14.6. The summed E-state index contributed by atoms with van der Waals surface area (Å²) in [5.41, 5.74) is 0. The second-order valence-corrected chi connectivity index (χ2v) is 2.87. The summed E-state index contributed by atoms with van der Waals surface area (Å²) >= 11 is 0. The van der Waals surface area contributed by atoms with Crippen molar-refractivity contribution in [2.45, 2.75) is 24.4 Å². The van der Waals surface area contributed by atoms with E-state index in [0.717, 1.165) is 0 Å². The van der Waals surface area contributed by atoms with Gasteiger partial charge in [0, 0.05) is 0 Å². The van der Waals surface area contributed by atoms with E-state index in [1.807, 2.05) is 0 Å². The van der Waals surface area contributed by atoms with Crippen molar-refractivity contribution in [2.24, 2.45) is 0 Å². The predicted molar refractivity (Wildman–Crippen MR) is 45.6 cm³/mol. The largest absolute Gasteiger partial charge is 0.506 e. The van der Waals surface area contributed by atoms with Crippen molar-refractivity contribution in [2.75, 3.05) is 6.61 Å².